The molecule has 0 aliphatic carbocycles. The number of carbonyl (C=O) groups is 1. The van der Waals surface area contributed by atoms with E-state index in [1.165, 1.54) is 17.0 Å². The summed E-state index contributed by atoms with van der Waals surface area (Å²) in [6, 6.07) is 14.6. The second-order valence-electron chi connectivity index (χ2n) is 8.80. The van der Waals surface area contributed by atoms with Crippen LogP contribution in [0.3, 0.4) is 0 Å². The van der Waals surface area contributed by atoms with E-state index in [-0.39, 0.29) is 23.3 Å². The number of hydrogen-bond acceptors (Lipinski definition) is 6. The van der Waals surface area contributed by atoms with Gasteiger partial charge in [0.2, 0.25) is 15.9 Å². The summed E-state index contributed by atoms with van der Waals surface area (Å²) in [5.74, 6) is 0.137. The molecule has 1 unspecified atom stereocenters. The fourth-order valence-corrected chi connectivity index (χ4v) is 5.91. The quantitative estimate of drug-likeness (QED) is 0.615. The van der Waals surface area contributed by atoms with Crippen molar-refractivity contribution in [2.45, 2.75) is 30.8 Å². The number of ether oxygens (including phenoxy) is 2. The Morgan fingerprint density at radius 3 is 2.38 bits per heavy atom. The van der Waals surface area contributed by atoms with Gasteiger partial charge in [0.15, 0.2) is 0 Å². The van der Waals surface area contributed by atoms with Crippen molar-refractivity contribution in [3.05, 3.63) is 59.7 Å². The molecule has 2 aromatic rings. The van der Waals surface area contributed by atoms with Gasteiger partial charge in [-0.2, -0.15) is 4.31 Å². The summed E-state index contributed by atoms with van der Waals surface area (Å²) in [6.07, 6.45) is 1.34. The van der Waals surface area contributed by atoms with Crippen molar-refractivity contribution < 1.29 is 22.7 Å². The highest BCUT2D eigenvalue weighted by molar-refractivity contribution is 7.89. The Morgan fingerprint density at radius 1 is 1.03 bits per heavy atom. The summed E-state index contributed by atoms with van der Waals surface area (Å²) in [5.41, 5.74) is 2.27. The maximum absolute atomic E-state index is 13.1. The molecular weight excluding hydrogens is 454 g/mol. The van der Waals surface area contributed by atoms with Crippen molar-refractivity contribution in [3.63, 3.8) is 0 Å². The molecule has 0 spiro atoms. The molecule has 0 bridgehead atoms. The van der Waals surface area contributed by atoms with E-state index < -0.39 is 10.0 Å². The van der Waals surface area contributed by atoms with E-state index in [4.69, 9.17) is 9.47 Å². The van der Waals surface area contributed by atoms with Crippen LogP contribution in [0, 0.1) is 5.92 Å². The highest BCUT2D eigenvalue weighted by atomic mass is 32.2. The molecule has 2 fully saturated rings. The zero-order valence-electron chi connectivity index (χ0n) is 19.6. The second kappa shape index (κ2) is 11.3. The van der Waals surface area contributed by atoms with Gasteiger partial charge in [0, 0.05) is 39.3 Å². The summed E-state index contributed by atoms with van der Waals surface area (Å²) in [6.45, 7) is 5.40. The number of nitrogens with one attached hydrogen (secondary N) is 1. The van der Waals surface area contributed by atoms with E-state index in [1.54, 1.807) is 24.3 Å². The van der Waals surface area contributed by atoms with Crippen LogP contribution in [-0.2, 0) is 32.6 Å². The maximum atomic E-state index is 13.1. The molecule has 2 aromatic carbocycles. The standard InChI is InChI=1S/C25H33N3O5S/c1-32-23-8-10-24(11-9-23)34(30,31)28-12-2-3-22(19-28)25(29)26-17-20-4-6-21(7-5-20)18-27-13-15-33-16-14-27/h4-11,22H,2-3,12-19H2,1H3,(H,26,29). The molecule has 9 heteroatoms. The van der Waals surface area contributed by atoms with Crippen LogP contribution in [-0.4, -0.2) is 70.0 Å². The molecular formula is C25H33N3O5S. The second-order valence-corrected chi connectivity index (χ2v) is 10.7. The van der Waals surface area contributed by atoms with Crippen molar-refractivity contribution in [1.82, 2.24) is 14.5 Å². The fraction of sp³-hybridized carbons (Fsp3) is 0.480. The number of amides is 1. The topological polar surface area (TPSA) is 88.2 Å². The molecule has 2 saturated heterocycles. The molecule has 184 valence electrons. The van der Waals surface area contributed by atoms with E-state index in [0.29, 0.717) is 31.7 Å². The van der Waals surface area contributed by atoms with Crippen LogP contribution >= 0.6 is 0 Å². The van der Waals surface area contributed by atoms with E-state index >= 15 is 0 Å². The van der Waals surface area contributed by atoms with E-state index in [2.05, 4.69) is 22.3 Å². The number of piperidine rings is 1. The van der Waals surface area contributed by atoms with Crippen LogP contribution in [0.1, 0.15) is 24.0 Å². The van der Waals surface area contributed by atoms with Crippen LogP contribution in [0.15, 0.2) is 53.4 Å². The summed E-state index contributed by atoms with van der Waals surface area (Å²) in [4.78, 5) is 15.4. The van der Waals surface area contributed by atoms with Gasteiger partial charge in [0.1, 0.15) is 5.75 Å². The van der Waals surface area contributed by atoms with Crippen molar-refractivity contribution >= 4 is 15.9 Å². The van der Waals surface area contributed by atoms with Crippen LogP contribution in [0.2, 0.25) is 0 Å². The van der Waals surface area contributed by atoms with Gasteiger partial charge in [-0.3, -0.25) is 9.69 Å². The van der Waals surface area contributed by atoms with E-state index in [1.807, 2.05) is 12.1 Å². The van der Waals surface area contributed by atoms with Gasteiger partial charge in [-0.15, -0.1) is 0 Å². The normalized spacial score (nSPS) is 20.1. The average molecular weight is 488 g/mol. The van der Waals surface area contributed by atoms with E-state index in [0.717, 1.165) is 38.4 Å². The molecule has 0 radical (unpaired) electrons. The molecule has 2 aliphatic heterocycles. The smallest absolute Gasteiger partial charge is 0.243 e. The van der Waals surface area contributed by atoms with Crippen LogP contribution in [0.25, 0.3) is 0 Å². The Kier molecular flexibility index (Phi) is 8.20. The monoisotopic (exact) mass is 487 g/mol. The molecule has 0 saturated carbocycles. The van der Waals surface area contributed by atoms with Gasteiger partial charge in [-0.25, -0.2) is 8.42 Å². The zero-order valence-corrected chi connectivity index (χ0v) is 20.4. The minimum absolute atomic E-state index is 0.105. The highest BCUT2D eigenvalue weighted by Gasteiger charge is 2.33. The first-order valence-corrected chi connectivity index (χ1v) is 13.2. The summed E-state index contributed by atoms with van der Waals surface area (Å²) in [7, 11) is -2.11. The number of nitrogens with zero attached hydrogens (tertiary/aromatic N) is 2. The number of hydrogen-bond donors (Lipinski definition) is 1. The highest BCUT2D eigenvalue weighted by Crippen LogP contribution is 2.25. The van der Waals surface area contributed by atoms with Gasteiger partial charge in [0.25, 0.3) is 0 Å². The lowest BCUT2D eigenvalue weighted by Gasteiger charge is -2.31. The molecule has 2 aliphatic rings. The first-order chi connectivity index (χ1) is 16.5. The number of sulfonamides is 1. The van der Waals surface area contributed by atoms with Crippen molar-refractivity contribution in [3.8, 4) is 5.75 Å². The first-order valence-electron chi connectivity index (χ1n) is 11.8. The maximum Gasteiger partial charge on any atom is 0.243 e. The lowest BCUT2D eigenvalue weighted by atomic mass is 9.98. The molecule has 1 atom stereocenters. The molecule has 2 heterocycles. The van der Waals surface area contributed by atoms with Crippen LogP contribution in [0.5, 0.6) is 5.75 Å². The van der Waals surface area contributed by atoms with Crippen LogP contribution in [0.4, 0.5) is 0 Å². The van der Waals surface area contributed by atoms with Gasteiger partial charge in [-0.1, -0.05) is 24.3 Å². The lowest BCUT2D eigenvalue weighted by Crippen LogP contribution is -2.45. The zero-order chi connectivity index (χ0) is 24.0. The third-order valence-electron chi connectivity index (χ3n) is 6.45. The van der Waals surface area contributed by atoms with Gasteiger partial charge in [-0.05, 0) is 48.2 Å². The van der Waals surface area contributed by atoms with Gasteiger partial charge in [0.05, 0.1) is 31.1 Å². The molecule has 8 nitrogen and oxygen atoms in total. The SMILES string of the molecule is COc1ccc(S(=O)(=O)N2CCCC(C(=O)NCc3ccc(CN4CCOCC4)cc3)C2)cc1. The third kappa shape index (κ3) is 6.15. The summed E-state index contributed by atoms with van der Waals surface area (Å²) < 4.78 is 38.0. The van der Waals surface area contributed by atoms with Gasteiger partial charge < -0.3 is 14.8 Å². The molecule has 4 rings (SSSR count). The minimum atomic E-state index is -3.65. The van der Waals surface area contributed by atoms with Gasteiger partial charge >= 0.3 is 0 Å². The number of methoxy groups -OCH3 is 1. The molecule has 1 amide bonds. The Labute approximate surface area is 201 Å². The third-order valence-corrected chi connectivity index (χ3v) is 8.33. The Hall–Kier alpha value is -2.46. The number of morpholine rings is 1. The Bertz CT molecular complexity index is 1050. The van der Waals surface area contributed by atoms with E-state index in [9.17, 15) is 13.2 Å². The van der Waals surface area contributed by atoms with Crippen molar-refractivity contribution in [2.75, 3.05) is 46.5 Å². The summed E-state index contributed by atoms with van der Waals surface area (Å²) in [5, 5.41) is 2.99. The number of benzene rings is 2. The minimum Gasteiger partial charge on any atom is -0.497 e. The fourth-order valence-electron chi connectivity index (χ4n) is 4.39. The largest absolute Gasteiger partial charge is 0.497 e. The Morgan fingerprint density at radius 2 is 1.71 bits per heavy atom. The van der Waals surface area contributed by atoms with Crippen molar-refractivity contribution in [1.29, 1.82) is 0 Å². The number of carbonyl (C=O) groups excluding carboxylic acids is 1. The van der Waals surface area contributed by atoms with Crippen LogP contribution < -0.4 is 10.1 Å². The predicted molar refractivity (Wildman–Crippen MR) is 129 cm³/mol. The number of rotatable bonds is 8. The molecule has 1 N–H and O–H groups in total. The predicted octanol–water partition coefficient (Wildman–Crippen LogP) is 2.24. The summed E-state index contributed by atoms with van der Waals surface area (Å²) >= 11 is 0. The average Bonchev–Trinajstić information content (AvgIpc) is 2.89. The lowest BCUT2D eigenvalue weighted by molar-refractivity contribution is -0.126. The first kappa shape index (κ1) is 24.7. The molecule has 34 heavy (non-hydrogen) atoms. The van der Waals surface area contributed by atoms with Crippen molar-refractivity contribution in [2.24, 2.45) is 5.92 Å². The molecule has 0 aromatic heterocycles. The Balaban J connectivity index is 1.29.